The zero-order chi connectivity index (χ0) is 15.3. The third kappa shape index (κ3) is 2.18. The number of hydrogen-bond acceptors (Lipinski definition) is 3. The minimum atomic E-state index is -0.996. The van der Waals surface area contributed by atoms with Gasteiger partial charge in [-0.25, -0.2) is 0 Å². The van der Waals surface area contributed by atoms with Crippen LogP contribution >= 0.6 is 0 Å². The molecule has 3 aliphatic carbocycles. The monoisotopic (exact) mass is 289 g/mol. The van der Waals surface area contributed by atoms with Crippen molar-refractivity contribution in [2.24, 2.45) is 17.3 Å². The second-order valence-corrected chi connectivity index (χ2v) is 7.40. The van der Waals surface area contributed by atoms with Gasteiger partial charge in [-0.3, -0.25) is 0 Å². The van der Waals surface area contributed by atoms with Crippen LogP contribution in [-0.4, -0.2) is 35.0 Å². The number of fused-ring (bicyclic) bond motifs is 2. The summed E-state index contributed by atoms with van der Waals surface area (Å²) in [6.45, 7) is 7.91. The molecule has 0 spiro atoms. The lowest BCUT2D eigenvalue weighted by atomic mass is 9.43. The Morgan fingerprint density at radius 3 is 2.43 bits per heavy atom. The number of likely N-dealkylation sites (N-methyl/N-ethyl adjacent to an activating group) is 1. The number of hydrogen-bond donors (Lipinski definition) is 2. The van der Waals surface area contributed by atoms with Crippen LogP contribution in [0.3, 0.4) is 0 Å². The van der Waals surface area contributed by atoms with E-state index in [1.54, 1.807) is 0 Å². The van der Waals surface area contributed by atoms with Gasteiger partial charge in [0.2, 0.25) is 0 Å². The van der Waals surface area contributed by atoms with Gasteiger partial charge >= 0.3 is 0 Å². The minimum Gasteiger partial charge on any atom is -0.390 e. The van der Waals surface area contributed by atoms with Gasteiger partial charge in [0, 0.05) is 18.8 Å². The molecule has 4 rings (SSSR count). The summed E-state index contributed by atoms with van der Waals surface area (Å²) < 4.78 is 0. The molecule has 2 bridgehead atoms. The molecular weight excluding hydrogens is 262 g/mol. The van der Waals surface area contributed by atoms with E-state index >= 15 is 0 Å². The van der Waals surface area contributed by atoms with E-state index in [-0.39, 0.29) is 11.3 Å². The van der Waals surface area contributed by atoms with Gasteiger partial charge in [0.1, 0.15) is 5.60 Å². The SMILES string of the molecule is CCN(C[C@@]1(O)[C@H](O)C[C@@H]2C[C@H]1C2(C)C)c1ccccc1. The van der Waals surface area contributed by atoms with Crippen molar-refractivity contribution in [1.82, 2.24) is 0 Å². The number of anilines is 1. The summed E-state index contributed by atoms with van der Waals surface area (Å²) in [5.41, 5.74) is 0.258. The summed E-state index contributed by atoms with van der Waals surface area (Å²) in [5, 5.41) is 21.7. The molecule has 21 heavy (non-hydrogen) atoms. The standard InChI is InChI=1S/C18H27NO2/c1-4-19(14-8-6-5-7-9-14)12-18(21)15-10-13(11-16(18)20)17(15,2)3/h5-9,13,15-16,20-21H,4,10-12H2,1-3H3/t13-,15-,16+,18-/m0/s1. The van der Waals surface area contributed by atoms with Crippen molar-refractivity contribution in [3.8, 4) is 0 Å². The molecule has 4 atom stereocenters. The van der Waals surface area contributed by atoms with Gasteiger partial charge in [-0.05, 0) is 49.1 Å². The molecule has 0 amide bonds. The highest BCUT2D eigenvalue weighted by atomic mass is 16.3. The molecule has 3 fully saturated rings. The molecule has 0 unspecified atom stereocenters. The normalized spacial score (nSPS) is 36.9. The number of rotatable bonds is 4. The van der Waals surface area contributed by atoms with E-state index in [2.05, 4.69) is 37.8 Å². The van der Waals surface area contributed by atoms with Gasteiger partial charge in [-0.15, -0.1) is 0 Å². The molecule has 3 saturated carbocycles. The second-order valence-electron chi connectivity index (χ2n) is 7.40. The summed E-state index contributed by atoms with van der Waals surface area (Å²) in [6, 6.07) is 10.2. The Bertz CT molecular complexity index is 501. The summed E-state index contributed by atoms with van der Waals surface area (Å²) in [4.78, 5) is 2.18. The Hall–Kier alpha value is -1.06. The number of aliphatic hydroxyl groups excluding tert-OH is 1. The first-order valence-corrected chi connectivity index (χ1v) is 8.10. The fraction of sp³-hybridized carbons (Fsp3) is 0.667. The van der Waals surface area contributed by atoms with Crippen LogP contribution < -0.4 is 4.90 Å². The topological polar surface area (TPSA) is 43.7 Å². The van der Waals surface area contributed by atoms with Crippen molar-refractivity contribution in [2.75, 3.05) is 18.0 Å². The molecule has 0 aromatic heterocycles. The van der Waals surface area contributed by atoms with E-state index < -0.39 is 11.7 Å². The van der Waals surface area contributed by atoms with Gasteiger partial charge in [-0.1, -0.05) is 32.0 Å². The van der Waals surface area contributed by atoms with Gasteiger partial charge in [0.25, 0.3) is 0 Å². The number of para-hydroxylation sites is 1. The highest BCUT2D eigenvalue weighted by Crippen LogP contribution is 2.62. The van der Waals surface area contributed by atoms with Gasteiger partial charge in [0.05, 0.1) is 6.10 Å². The molecule has 1 aromatic carbocycles. The first kappa shape index (κ1) is 14.9. The van der Waals surface area contributed by atoms with Gasteiger partial charge < -0.3 is 15.1 Å². The van der Waals surface area contributed by atoms with Crippen LogP contribution in [0.5, 0.6) is 0 Å². The van der Waals surface area contributed by atoms with Crippen LogP contribution in [0.4, 0.5) is 5.69 Å². The predicted octanol–water partition coefficient (Wildman–Crippen LogP) is 2.67. The average Bonchev–Trinajstić information content (AvgIpc) is 2.48. The predicted molar refractivity (Wildman–Crippen MR) is 85.3 cm³/mol. The van der Waals surface area contributed by atoms with Gasteiger partial charge in [0.15, 0.2) is 0 Å². The first-order chi connectivity index (χ1) is 9.89. The molecule has 0 heterocycles. The Balaban J connectivity index is 1.84. The molecule has 3 heteroatoms. The fourth-order valence-electron chi connectivity index (χ4n) is 4.52. The van der Waals surface area contributed by atoms with Crippen LogP contribution in [0, 0.1) is 17.3 Å². The Labute approximate surface area is 127 Å². The quantitative estimate of drug-likeness (QED) is 0.895. The first-order valence-electron chi connectivity index (χ1n) is 8.10. The summed E-state index contributed by atoms with van der Waals surface area (Å²) in [7, 11) is 0. The molecule has 0 aliphatic heterocycles. The van der Waals surface area contributed by atoms with E-state index in [9.17, 15) is 10.2 Å². The smallest absolute Gasteiger partial charge is 0.111 e. The van der Waals surface area contributed by atoms with Crippen molar-refractivity contribution >= 4 is 5.69 Å². The van der Waals surface area contributed by atoms with Gasteiger partial charge in [-0.2, -0.15) is 0 Å². The third-order valence-corrected chi connectivity index (χ3v) is 6.11. The van der Waals surface area contributed by atoms with Crippen molar-refractivity contribution in [3.05, 3.63) is 30.3 Å². The van der Waals surface area contributed by atoms with Crippen molar-refractivity contribution in [3.63, 3.8) is 0 Å². The van der Waals surface area contributed by atoms with E-state index in [0.717, 1.165) is 25.1 Å². The lowest BCUT2D eigenvalue weighted by Crippen LogP contribution is -2.70. The maximum absolute atomic E-state index is 11.3. The second kappa shape index (κ2) is 4.99. The minimum absolute atomic E-state index is 0.143. The van der Waals surface area contributed by atoms with Crippen LogP contribution in [0.1, 0.15) is 33.6 Å². The highest BCUT2D eigenvalue weighted by Gasteiger charge is 2.64. The molecule has 3 aliphatic rings. The Kier molecular flexibility index (Phi) is 3.53. The van der Waals surface area contributed by atoms with E-state index in [0.29, 0.717) is 12.5 Å². The Morgan fingerprint density at radius 1 is 1.19 bits per heavy atom. The zero-order valence-corrected chi connectivity index (χ0v) is 13.3. The van der Waals surface area contributed by atoms with E-state index in [4.69, 9.17) is 0 Å². The lowest BCUT2D eigenvalue weighted by Gasteiger charge is -2.65. The van der Waals surface area contributed by atoms with E-state index in [1.165, 1.54) is 0 Å². The van der Waals surface area contributed by atoms with Crippen molar-refractivity contribution < 1.29 is 10.2 Å². The third-order valence-electron chi connectivity index (χ3n) is 6.11. The molecule has 116 valence electrons. The van der Waals surface area contributed by atoms with Crippen LogP contribution in [0.2, 0.25) is 0 Å². The summed E-state index contributed by atoms with van der Waals surface area (Å²) in [5.74, 6) is 0.751. The number of nitrogens with zero attached hydrogens (tertiary/aromatic N) is 1. The van der Waals surface area contributed by atoms with Crippen LogP contribution in [0.25, 0.3) is 0 Å². The molecule has 0 radical (unpaired) electrons. The number of aliphatic hydroxyl groups is 2. The molecule has 2 N–H and O–H groups in total. The lowest BCUT2D eigenvalue weighted by molar-refractivity contribution is -0.248. The highest BCUT2D eigenvalue weighted by molar-refractivity contribution is 5.46. The molecule has 3 nitrogen and oxygen atoms in total. The Morgan fingerprint density at radius 2 is 1.86 bits per heavy atom. The van der Waals surface area contributed by atoms with Crippen molar-refractivity contribution in [1.29, 1.82) is 0 Å². The number of benzene rings is 1. The van der Waals surface area contributed by atoms with Crippen LogP contribution in [0.15, 0.2) is 30.3 Å². The van der Waals surface area contributed by atoms with Crippen LogP contribution in [-0.2, 0) is 0 Å². The molecular formula is C18H27NO2. The largest absolute Gasteiger partial charge is 0.390 e. The summed E-state index contributed by atoms with van der Waals surface area (Å²) >= 11 is 0. The maximum atomic E-state index is 11.3. The van der Waals surface area contributed by atoms with E-state index in [1.807, 2.05) is 18.2 Å². The fourth-order valence-corrected chi connectivity index (χ4v) is 4.52. The average molecular weight is 289 g/mol. The maximum Gasteiger partial charge on any atom is 0.111 e. The van der Waals surface area contributed by atoms with Crippen molar-refractivity contribution in [2.45, 2.75) is 45.3 Å². The molecule has 0 saturated heterocycles. The zero-order valence-electron chi connectivity index (χ0n) is 13.3. The summed E-state index contributed by atoms with van der Waals surface area (Å²) in [6.07, 6.45) is 1.17. The molecule has 1 aromatic rings.